The highest BCUT2D eigenvalue weighted by atomic mass is 35.5. The van der Waals surface area contributed by atoms with Gasteiger partial charge in [-0.15, -0.1) is 0 Å². The maximum Gasteiger partial charge on any atom is 0.305 e. The number of carbonyl (C=O) groups is 1. The predicted octanol–water partition coefficient (Wildman–Crippen LogP) is 3.30. The Morgan fingerprint density at radius 1 is 1.32 bits per heavy atom. The van der Waals surface area contributed by atoms with E-state index < -0.39 is 0 Å². The molecule has 0 spiro atoms. The summed E-state index contributed by atoms with van der Waals surface area (Å²) in [5.41, 5.74) is 5.95. The number of anilines is 1. The summed E-state index contributed by atoms with van der Waals surface area (Å²) in [4.78, 5) is 15.9. The molecule has 0 saturated carbocycles. The highest BCUT2D eigenvalue weighted by Crippen LogP contribution is 2.30. The van der Waals surface area contributed by atoms with Crippen LogP contribution in [-0.4, -0.2) is 10.9 Å². The van der Waals surface area contributed by atoms with Crippen LogP contribution in [0.25, 0.3) is 10.2 Å². The summed E-state index contributed by atoms with van der Waals surface area (Å²) in [6.45, 7) is 0. The topological polar surface area (TPSA) is 67.2 Å². The first-order valence-electron chi connectivity index (χ1n) is 5.39. The van der Waals surface area contributed by atoms with E-state index in [0.717, 1.165) is 4.70 Å². The standard InChI is InChI=1S/C12H8ClN3O2S/c13-7-3-1-5-9-10(7)14-12(19-9)16-15-11(17)8-4-2-6-18-8/h1-6H,(H,14,16)(H,15,17). The molecule has 0 atom stereocenters. The summed E-state index contributed by atoms with van der Waals surface area (Å²) >= 11 is 7.43. The van der Waals surface area contributed by atoms with Crippen LogP contribution in [-0.2, 0) is 0 Å². The fourth-order valence-corrected chi connectivity index (χ4v) is 2.67. The van der Waals surface area contributed by atoms with E-state index in [0.29, 0.717) is 15.7 Å². The SMILES string of the molecule is O=C(NNc1nc2c(Cl)cccc2s1)c1ccco1. The zero-order chi connectivity index (χ0) is 13.2. The minimum Gasteiger partial charge on any atom is -0.459 e. The van der Waals surface area contributed by atoms with Gasteiger partial charge in [0.05, 0.1) is 16.0 Å². The second-order valence-electron chi connectivity index (χ2n) is 3.66. The molecule has 2 aromatic heterocycles. The number of amides is 1. The molecule has 2 N–H and O–H groups in total. The van der Waals surface area contributed by atoms with Crippen molar-refractivity contribution < 1.29 is 9.21 Å². The van der Waals surface area contributed by atoms with Crippen LogP contribution in [0.15, 0.2) is 41.0 Å². The van der Waals surface area contributed by atoms with Crippen LogP contribution in [0.2, 0.25) is 5.02 Å². The molecule has 0 radical (unpaired) electrons. The lowest BCUT2D eigenvalue weighted by Crippen LogP contribution is -2.28. The Bertz CT molecular complexity index is 724. The summed E-state index contributed by atoms with van der Waals surface area (Å²) in [5.74, 6) is -0.137. The number of furan rings is 1. The van der Waals surface area contributed by atoms with Gasteiger partial charge in [0.25, 0.3) is 0 Å². The molecule has 19 heavy (non-hydrogen) atoms. The summed E-state index contributed by atoms with van der Waals surface area (Å²) in [6, 6.07) is 8.76. The Labute approximate surface area is 117 Å². The van der Waals surface area contributed by atoms with Gasteiger partial charge in [0.15, 0.2) is 5.76 Å². The summed E-state index contributed by atoms with van der Waals surface area (Å²) < 4.78 is 5.92. The molecule has 1 aromatic carbocycles. The van der Waals surface area contributed by atoms with Crippen LogP contribution >= 0.6 is 22.9 Å². The molecule has 3 rings (SSSR count). The van der Waals surface area contributed by atoms with E-state index in [1.807, 2.05) is 12.1 Å². The average Bonchev–Trinajstić information content (AvgIpc) is 3.05. The third-order valence-corrected chi connectivity index (χ3v) is 3.64. The molecule has 7 heteroatoms. The molecule has 0 fully saturated rings. The van der Waals surface area contributed by atoms with Crippen molar-refractivity contribution in [3.05, 3.63) is 47.4 Å². The highest BCUT2D eigenvalue weighted by Gasteiger charge is 2.10. The van der Waals surface area contributed by atoms with Gasteiger partial charge in [-0.3, -0.25) is 15.6 Å². The van der Waals surface area contributed by atoms with Crippen LogP contribution in [0.5, 0.6) is 0 Å². The third kappa shape index (κ3) is 2.40. The third-order valence-electron chi connectivity index (χ3n) is 2.40. The van der Waals surface area contributed by atoms with Crippen LogP contribution in [0.3, 0.4) is 0 Å². The molecule has 96 valence electrons. The summed E-state index contributed by atoms with van der Waals surface area (Å²) in [6.07, 6.45) is 1.44. The van der Waals surface area contributed by atoms with Crippen LogP contribution in [0.1, 0.15) is 10.6 Å². The van der Waals surface area contributed by atoms with E-state index in [-0.39, 0.29) is 11.7 Å². The van der Waals surface area contributed by atoms with Crippen molar-refractivity contribution in [3.8, 4) is 0 Å². The lowest BCUT2D eigenvalue weighted by Gasteiger charge is -2.02. The van der Waals surface area contributed by atoms with Crippen molar-refractivity contribution in [2.45, 2.75) is 0 Å². The van der Waals surface area contributed by atoms with Gasteiger partial charge in [-0.1, -0.05) is 29.0 Å². The van der Waals surface area contributed by atoms with Gasteiger partial charge in [0.2, 0.25) is 5.13 Å². The number of hydrogen-bond donors (Lipinski definition) is 2. The Hall–Kier alpha value is -2.05. The molecule has 0 aliphatic rings. The number of hydrazine groups is 1. The Morgan fingerprint density at radius 3 is 2.95 bits per heavy atom. The molecule has 0 saturated heterocycles. The quantitative estimate of drug-likeness (QED) is 0.727. The number of fused-ring (bicyclic) bond motifs is 1. The predicted molar refractivity (Wildman–Crippen MR) is 74.4 cm³/mol. The van der Waals surface area contributed by atoms with E-state index in [2.05, 4.69) is 15.8 Å². The van der Waals surface area contributed by atoms with Gasteiger partial charge >= 0.3 is 5.91 Å². The average molecular weight is 294 g/mol. The largest absolute Gasteiger partial charge is 0.459 e. The number of aromatic nitrogens is 1. The zero-order valence-electron chi connectivity index (χ0n) is 9.51. The first-order chi connectivity index (χ1) is 9.24. The molecule has 0 aliphatic carbocycles. The van der Waals surface area contributed by atoms with Crippen LogP contribution < -0.4 is 10.9 Å². The fraction of sp³-hybridized carbons (Fsp3) is 0. The van der Waals surface area contributed by atoms with Gasteiger partial charge in [0, 0.05) is 0 Å². The Morgan fingerprint density at radius 2 is 2.21 bits per heavy atom. The number of para-hydroxylation sites is 1. The van der Waals surface area contributed by atoms with Crippen molar-refractivity contribution >= 4 is 44.2 Å². The lowest BCUT2D eigenvalue weighted by molar-refractivity contribution is 0.0935. The molecule has 5 nitrogen and oxygen atoms in total. The van der Waals surface area contributed by atoms with Crippen molar-refractivity contribution in [1.82, 2.24) is 10.4 Å². The van der Waals surface area contributed by atoms with E-state index in [4.69, 9.17) is 16.0 Å². The van der Waals surface area contributed by atoms with Crippen LogP contribution in [0.4, 0.5) is 5.13 Å². The number of hydrogen-bond acceptors (Lipinski definition) is 5. The van der Waals surface area contributed by atoms with Crippen LogP contribution in [0, 0.1) is 0 Å². The zero-order valence-corrected chi connectivity index (χ0v) is 11.1. The minimum absolute atomic E-state index is 0.228. The second-order valence-corrected chi connectivity index (χ2v) is 5.10. The van der Waals surface area contributed by atoms with E-state index in [1.54, 1.807) is 18.2 Å². The molecular formula is C12H8ClN3O2S. The molecule has 3 aromatic rings. The van der Waals surface area contributed by atoms with E-state index in [9.17, 15) is 4.79 Å². The number of nitrogens with one attached hydrogen (secondary N) is 2. The van der Waals surface area contributed by atoms with Gasteiger partial charge in [0.1, 0.15) is 5.52 Å². The second kappa shape index (κ2) is 4.91. The monoisotopic (exact) mass is 293 g/mol. The van der Waals surface area contributed by atoms with E-state index >= 15 is 0 Å². The molecule has 0 bridgehead atoms. The molecule has 2 heterocycles. The first kappa shape index (κ1) is 12.0. The summed E-state index contributed by atoms with van der Waals surface area (Å²) in [7, 11) is 0. The molecular weight excluding hydrogens is 286 g/mol. The normalized spacial score (nSPS) is 10.6. The molecule has 1 amide bonds. The van der Waals surface area contributed by atoms with Crippen molar-refractivity contribution in [1.29, 1.82) is 0 Å². The number of halogens is 1. The smallest absolute Gasteiger partial charge is 0.305 e. The van der Waals surface area contributed by atoms with Gasteiger partial charge in [-0.25, -0.2) is 4.98 Å². The molecule has 0 aliphatic heterocycles. The van der Waals surface area contributed by atoms with Gasteiger partial charge in [-0.05, 0) is 24.3 Å². The maximum absolute atomic E-state index is 11.6. The van der Waals surface area contributed by atoms with E-state index in [1.165, 1.54) is 17.6 Å². The molecule has 0 unspecified atom stereocenters. The number of carbonyl (C=O) groups excluding carboxylic acids is 1. The number of thiazole rings is 1. The minimum atomic E-state index is -0.365. The Balaban J connectivity index is 1.75. The first-order valence-corrected chi connectivity index (χ1v) is 6.58. The van der Waals surface area contributed by atoms with Crippen molar-refractivity contribution in [3.63, 3.8) is 0 Å². The maximum atomic E-state index is 11.6. The highest BCUT2D eigenvalue weighted by molar-refractivity contribution is 7.22. The number of rotatable bonds is 3. The van der Waals surface area contributed by atoms with Gasteiger partial charge in [-0.2, -0.15) is 0 Å². The van der Waals surface area contributed by atoms with Crippen molar-refractivity contribution in [2.75, 3.05) is 5.43 Å². The van der Waals surface area contributed by atoms with Crippen molar-refractivity contribution in [2.24, 2.45) is 0 Å². The Kier molecular flexibility index (Phi) is 3.10. The number of benzene rings is 1. The lowest BCUT2D eigenvalue weighted by atomic mass is 10.3. The fourth-order valence-electron chi connectivity index (χ4n) is 1.55. The summed E-state index contributed by atoms with van der Waals surface area (Å²) in [5, 5.41) is 1.14. The van der Waals surface area contributed by atoms with Gasteiger partial charge < -0.3 is 4.42 Å². The number of nitrogens with zero attached hydrogens (tertiary/aromatic N) is 1.